The second-order valence-electron chi connectivity index (χ2n) is 5.34. The molecule has 1 aliphatic heterocycles. The van der Waals surface area contributed by atoms with Gasteiger partial charge in [-0.15, -0.1) is 0 Å². The zero-order valence-electron chi connectivity index (χ0n) is 11.6. The van der Waals surface area contributed by atoms with Crippen LogP contribution < -0.4 is 0 Å². The second-order valence-corrected chi connectivity index (χ2v) is 5.34. The molecule has 102 valence electrons. The maximum absolute atomic E-state index is 12.3. The van der Waals surface area contributed by atoms with Gasteiger partial charge in [-0.2, -0.15) is 5.26 Å². The highest BCUT2D eigenvalue weighted by molar-refractivity contribution is 5.95. The van der Waals surface area contributed by atoms with Crippen LogP contribution in [0, 0.1) is 18.3 Å². The van der Waals surface area contributed by atoms with E-state index in [9.17, 15) is 4.79 Å². The van der Waals surface area contributed by atoms with E-state index in [1.165, 1.54) is 6.26 Å². The first-order chi connectivity index (χ1) is 8.95. The van der Waals surface area contributed by atoms with E-state index in [4.69, 9.17) is 9.68 Å². The Hall–Kier alpha value is -1.80. The average Bonchev–Trinajstić information content (AvgIpc) is 2.84. The number of rotatable bonds is 2. The van der Waals surface area contributed by atoms with Crippen LogP contribution in [-0.4, -0.2) is 47.4 Å². The molecule has 1 saturated heterocycles. The summed E-state index contributed by atoms with van der Waals surface area (Å²) in [5.41, 5.74) is 0.161. The van der Waals surface area contributed by atoms with E-state index < -0.39 is 5.54 Å². The first-order valence-corrected chi connectivity index (χ1v) is 6.45. The maximum Gasteiger partial charge on any atom is 0.257 e. The van der Waals surface area contributed by atoms with Gasteiger partial charge in [0.2, 0.25) is 0 Å². The van der Waals surface area contributed by atoms with Gasteiger partial charge in [0.1, 0.15) is 11.3 Å². The molecular weight excluding hydrogens is 242 g/mol. The average molecular weight is 261 g/mol. The van der Waals surface area contributed by atoms with Gasteiger partial charge in [-0.05, 0) is 26.8 Å². The highest BCUT2D eigenvalue weighted by atomic mass is 16.3. The Kier molecular flexibility index (Phi) is 3.63. The summed E-state index contributed by atoms with van der Waals surface area (Å²) in [4.78, 5) is 16.2. The van der Waals surface area contributed by atoms with Crippen molar-refractivity contribution < 1.29 is 9.21 Å². The molecule has 0 unspecified atom stereocenters. The van der Waals surface area contributed by atoms with Gasteiger partial charge in [0, 0.05) is 26.2 Å². The molecule has 5 heteroatoms. The van der Waals surface area contributed by atoms with Crippen LogP contribution in [0.25, 0.3) is 0 Å². The number of carbonyl (C=O) groups excluding carboxylic acids is 1. The fourth-order valence-corrected chi connectivity index (χ4v) is 2.32. The zero-order valence-corrected chi connectivity index (χ0v) is 11.6. The maximum atomic E-state index is 12.3. The number of hydrogen-bond acceptors (Lipinski definition) is 4. The van der Waals surface area contributed by atoms with E-state index in [2.05, 4.69) is 11.0 Å². The van der Waals surface area contributed by atoms with Crippen LogP contribution in [0.4, 0.5) is 0 Å². The van der Waals surface area contributed by atoms with E-state index in [-0.39, 0.29) is 5.91 Å². The molecule has 1 amide bonds. The van der Waals surface area contributed by atoms with Crippen LogP contribution in [0.2, 0.25) is 0 Å². The molecule has 5 nitrogen and oxygen atoms in total. The molecule has 0 atom stereocenters. The summed E-state index contributed by atoms with van der Waals surface area (Å²) in [5, 5.41) is 9.12. The molecule has 0 N–H and O–H groups in total. The van der Waals surface area contributed by atoms with Crippen LogP contribution in [0.3, 0.4) is 0 Å². The van der Waals surface area contributed by atoms with Crippen molar-refractivity contribution in [2.45, 2.75) is 26.3 Å². The van der Waals surface area contributed by atoms with Gasteiger partial charge in [0.05, 0.1) is 17.9 Å². The minimum absolute atomic E-state index is 0.0145. The molecule has 0 saturated carbocycles. The Balaban J connectivity index is 2.00. The normalized spacial score (nSPS) is 17.3. The van der Waals surface area contributed by atoms with Gasteiger partial charge in [0.15, 0.2) is 0 Å². The summed E-state index contributed by atoms with van der Waals surface area (Å²) in [6.45, 7) is 8.35. The monoisotopic (exact) mass is 261 g/mol. The lowest BCUT2D eigenvalue weighted by molar-refractivity contribution is 0.0519. The molecule has 0 radical (unpaired) electrons. The summed E-state index contributed by atoms with van der Waals surface area (Å²) in [6, 6.07) is 4.01. The zero-order chi connectivity index (χ0) is 14.0. The molecule has 1 fully saturated rings. The minimum Gasteiger partial charge on any atom is -0.469 e. The molecule has 0 aromatic carbocycles. The lowest BCUT2D eigenvalue weighted by Crippen LogP contribution is -2.55. The van der Waals surface area contributed by atoms with Crippen LogP contribution in [0.15, 0.2) is 16.7 Å². The second kappa shape index (κ2) is 5.06. The van der Waals surface area contributed by atoms with Gasteiger partial charge in [-0.3, -0.25) is 9.69 Å². The standard InChI is InChI=1S/C14H19N3O2/c1-11-12(4-9-19-11)13(18)16-5-7-17(8-6-16)14(2,3)10-15/h4,9H,5-8H2,1-3H3. The van der Waals surface area contributed by atoms with Crippen molar-refractivity contribution in [2.24, 2.45) is 0 Å². The van der Waals surface area contributed by atoms with E-state index in [1.54, 1.807) is 13.0 Å². The summed E-state index contributed by atoms with van der Waals surface area (Å²) in [6.07, 6.45) is 1.54. The van der Waals surface area contributed by atoms with Gasteiger partial charge in [-0.1, -0.05) is 0 Å². The number of nitriles is 1. The van der Waals surface area contributed by atoms with Gasteiger partial charge < -0.3 is 9.32 Å². The summed E-state index contributed by atoms with van der Waals surface area (Å²) in [5.74, 6) is 0.672. The molecule has 0 bridgehead atoms. The SMILES string of the molecule is Cc1occc1C(=O)N1CCN(C(C)(C)C#N)CC1. The topological polar surface area (TPSA) is 60.5 Å². The number of hydrogen-bond donors (Lipinski definition) is 0. The number of piperazine rings is 1. The van der Waals surface area contributed by atoms with Crippen molar-refractivity contribution in [3.05, 3.63) is 23.7 Å². The highest BCUT2D eigenvalue weighted by Gasteiger charge is 2.31. The van der Waals surface area contributed by atoms with Gasteiger partial charge >= 0.3 is 0 Å². The van der Waals surface area contributed by atoms with Crippen molar-refractivity contribution in [3.63, 3.8) is 0 Å². The molecule has 1 aromatic rings. The lowest BCUT2D eigenvalue weighted by atomic mass is 10.0. The van der Waals surface area contributed by atoms with Crippen molar-refractivity contribution in [1.82, 2.24) is 9.80 Å². The fraction of sp³-hybridized carbons (Fsp3) is 0.571. The van der Waals surface area contributed by atoms with Crippen molar-refractivity contribution in [2.75, 3.05) is 26.2 Å². The number of nitrogens with zero attached hydrogens (tertiary/aromatic N) is 3. The summed E-state index contributed by atoms with van der Waals surface area (Å²) in [7, 11) is 0. The Bertz CT molecular complexity index is 505. The third kappa shape index (κ3) is 2.64. The number of furan rings is 1. The predicted octanol–water partition coefficient (Wildman–Crippen LogP) is 1.65. The quantitative estimate of drug-likeness (QED) is 0.812. The molecule has 0 spiro atoms. The molecule has 1 aromatic heterocycles. The van der Waals surface area contributed by atoms with Crippen LogP contribution in [0.1, 0.15) is 30.0 Å². The van der Waals surface area contributed by atoms with E-state index in [1.807, 2.05) is 18.7 Å². The Morgan fingerprint density at radius 3 is 2.47 bits per heavy atom. The number of aryl methyl sites for hydroxylation is 1. The van der Waals surface area contributed by atoms with Crippen LogP contribution >= 0.6 is 0 Å². The van der Waals surface area contributed by atoms with Gasteiger partial charge in [-0.25, -0.2) is 0 Å². The van der Waals surface area contributed by atoms with E-state index in [0.29, 0.717) is 24.4 Å². The Morgan fingerprint density at radius 1 is 1.37 bits per heavy atom. The molecule has 0 aliphatic carbocycles. The largest absolute Gasteiger partial charge is 0.469 e. The third-order valence-corrected chi connectivity index (χ3v) is 3.72. The Labute approximate surface area is 113 Å². The van der Waals surface area contributed by atoms with Crippen molar-refractivity contribution >= 4 is 5.91 Å². The lowest BCUT2D eigenvalue weighted by Gasteiger charge is -2.40. The first kappa shape index (κ1) is 13.6. The molecule has 2 rings (SSSR count). The van der Waals surface area contributed by atoms with Crippen LogP contribution in [-0.2, 0) is 0 Å². The van der Waals surface area contributed by atoms with Crippen molar-refractivity contribution in [1.29, 1.82) is 5.26 Å². The predicted molar refractivity (Wildman–Crippen MR) is 70.6 cm³/mol. The smallest absolute Gasteiger partial charge is 0.257 e. The summed E-state index contributed by atoms with van der Waals surface area (Å²) < 4.78 is 5.17. The van der Waals surface area contributed by atoms with Crippen molar-refractivity contribution in [3.8, 4) is 6.07 Å². The molecule has 2 heterocycles. The molecule has 1 aliphatic rings. The number of amides is 1. The Morgan fingerprint density at radius 2 is 2.00 bits per heavy atom. The minimum atomic E-state index is -0.472. The highest BCUT2D eigenvalue weighted by Crippen LogP contribution is 2.18. The molecular formula is C14H19N3O2. The fourth-order valence-electron chi connectivity index (χ4n) is 2.32. The van der Waals surface area contributed by atoms with E-state index >= 15 is 0 Å². The van der Waals surface area contributed by atoms with E-state index in [0.717, 1.165) is 13.1 Å². The number of carbonyl (C=O) groups is 1. The summed E-state index contributed by atoms with van der Waals surface area (Å²) >= 11 is 0. The van der Waals surface area contributed by atoms with Gasteiger partial charge in [0.25, 0.3) is 5.91 Å². The van der Waals surface area contributed by atoms with Crippen LogP contribution in [0.5, 0.6) is 0 Å². The first-order valence-electron chi connectivity index (χ1n) is 6.45. The molecule has 19 heavy (non-hydrogen) atoms. The third-order valence-electron chi connectivity index (χ3n) is 3.72.